The molecule has 0 atom stereocenters. The minimum Gasteiger partial charge on any atom is -0.205 e. The first-order chi connectivity index (χ1) is 5.35. The van der Waals surface area contributed by atoms with Crippen LogP contribution in [0.15, 0.2) is 11.4 Å². The molecule has 0 N–H and O–H groups in total. The minimum atomic E-state index is -4.58. The number of allylic oxidation sites excluding steroid dienone is 2. The Labute approximate surface area is 79.0 Å². The van der Waals surface area contributed by atoms with Crippen molar-refractivity contribution in [2.75, 3.05) is 4.43 Å². The Morgan fingerprint density at radius 3 is 1.92 bits per heavy atom. The molecule has 0 radical (unpaired) electrons. The van der Waals surface area contributed by atoms with Crippen LogP contribution in [0.3, 0.4) is 0 Å². The molecular formula is C6H4F5I. The third-order valence-corrected chi connectivity index (χ3v) is 2.20. The van der Waals surface area contributed by atoms with E-state index in [2.05, 4.69) is 0 Å². The van der Waals surface area contributed by atoms with Gasteiger partial charge in [0.15, 0.2) is 5.83 Å². The van der Waals surface area contributed by atoms with E-state index in [1.807, 2.05) is 0 Å². The highest BCUT2D eigenvalue weighted by atomic mass is 127. The van der Waals surface area contributed by atoms with Gasteiger partial charge >= 0.3 is 11.8 Å². The molecule has 0 fully saturated rings. The van der Waals surface area contributed by atoms with E-state index < -0.39 is 23.2 Å². The highest BCUT2D eigenvalue weighted by molar-refractivity contribution is 14.1. The molecule has 0 aliphatic heterocycles. The summed E-state index contributed by atoms with van der Waals surface area (Å²) >= 11 is 1.72. The fourth-order valence-electron chi connectivity index (χ4n) is 0.953. The standard InChI is InChI=1S/C6H4F5I/c7-4-3(1-2-12)5(8,9)6(4,10)11/h1-2H2. The van der Waals surface area contributed by atoms with Gasteiger partial charge < -0.3 is 0 Å². The minimum absolute atomic E-state index is 0.201. The van der Waals surface area contributed by atoms with Crippen molar-refractivity contribution < 1.29 is 22.0 Å². The van der Waals surface area contributed by atoms with Crippen LogP contribution in [0, 0.1) is 0 Å². The van der Waals surface area contributed by atoms with E-state index in [0.717, 1.165) is 0 Å². The van der Waals surface area contributed by atoms with Crippen molar-refractivity contribution in [2.45, 2.75) is 18.3 Å². The third kappa shape index (κ3) is 1.06. The molecular weight excluding hydrogens is 294 g/mol. The van der Waals surface area contributed by atoms with Crippen molar-refractivity contribution in [1.82, 2.24) is 0 Å². The summed E-state index contributed by atoms with van der Waals surface area (Å²) in [6.07, 6.45) is -0.324. The molecule has 0 aromatic carbocycles. The normalized spacial score (nSPS) is 25.5. The monoisotopic (exact) mass is 298 g/mol. The van der Waals surface area contributed by atoms with Crippen molar-refractivity contribution in [1.29, 1.82) is 0 Å². The molecule has 1 aliphatic rings. The average Bonchev–Trinajstić information content (AvgIpc) is 1.98. The number of hydrogen-bond donors (Lipinski definition) is 0. The first-order valence-electron chi connectivity index (χ1n) is 3.07. The lowest BCUT2D eigenvalue weighted by Gasteiger charge is -2.36. The predicted molar refractivity (Wildman–Crippen MR) is 41.5 cm³/mol. The summed E-state index contributed by atoms with van der Waals surface area (Å²) < 4.78 is 61.4. The van der Waals surface area contributed by atoms with Gasteiger partial charge in [0, 0.05) is 10.0 Å². The van der Waals surface area contributed by atoms with Crippen molar-refractivity contribution in [3.8, 4) is 0 Å². The van der Waals surface area contributed by atoms with Gasteiger partial charge in [-0.3, -0.25) is 0 Å². The van der Waals surface area contributed by atoms with E-state index in [-0.39, 0.29) is 10.8 Å². The molecule has 0 saturated carbocycles. The topological polar surface area (TPSA) is 0 Å². The maximum absolute atomic E-state index is 12.4. The van der Waals surface area contributed by atoms with Crippen molar-refractivity contribution >= 4 is 22.6 Å². The fraction of sp³-hybridized carbons (Fsp3) is 0.667. The summed E-state index contributed by atoms with van der Waals surface area (Å²) in [6.45, 7) is 0. The number of halogens is 6. The van der Waals surface area contributed by atoms with Crippen LogP contribution in [-0.4, -0.2) is 16.3 Å². The first-order valence-corrected chi connectivity index (χ1v) is 4.59. The van der Waals surface area contributed by atoms with Gasteiger partial charge in [0.25, 0.3) is 0 Å². The molecule has 0 heterocycles. The second-order valence-electron chi connectivity index (χ2n) is 2.38. The van der Waals surface area contributed by atoms with Crippen LogP contribution < -0.4 is 0 Å². The van der Waals surface area contributed by atoms with Gasteiger partial charge in [-0.1, -0.05) is 22.6 Å². The highest BCUT2D eigenvalue weighted by Crippen LogP contribution is 2.56. The van der Waals surface area contributed by atoms with Crippen LogP contribution in [0.5, 0.6) is 0 Å². The SMILES string of the molecule is FC1=C(CCI)C(F)(F)C1(F)F. The van der Waals surface area contributed by atoms with E-state index in [1.165, 1.54) is 0 Å². The summed E-state index contributed by atoms with van der Waals surface area (Å²) in [5.41, 5.74) is -1.05. The molecule has 1 rings (SSSR count). The molecule has 0 aromatic heterocycles. The lowest BCUT2D eigenvalue weighted by molar-refractivity contribution is -0.205. The molecule has 0 saturated heterocycles. The number of alkyl halides is 5. The molecule has 0 spiro atoms. The van der Waals surface area contributed by atoms with Crippen LogP contribution in [0.25, 0.3) is 0 Å². The molecule has 0 amide bonds. The Morgan fingerprint density at radius 2 is 1.58 bits per heavy atom. The van der Waals surface area contributed by atoms with Gasteiger partial charge in [0.1, 0.15) is 0 Å². The van der Waals surface area contributed by atoms with Crippen molar-refractivity contribution in [2.24, 2.45) is 0 Å². The highest BCUT2D eigenvalue weighted by Gasteiger charge is 2.71. The largest absolute Gasteiger partial charge is 0.365 e. The number of rotatable bonds is 2. The Kier molecular flexibility index (Phi) is 2.39. The first kappa shape index (κ1) is 10.2. The van der Waals surface area contributed by atoms with Crippen LogP contribution in [0.4, 0.5) is 22.0 Å². The van der Waals surface area contributed by atoms with Crippen LogP contribution >= 0.6 is 22.6 Å². The van der Waals surface area contributed by atoms with Crippen LogP contribution in [0.1, 0.15) is 6.42 Å². The van der Waals surface area contributed by atoms with E-state index >= 15 is 0 Å². The summed E-state index contributed by atoms with van der Waals surface area (Å²) in [5.74, 6) is -10.8. The molecule has 0 aromatic rings. The maximum Gasteiger partial charge on any atom is 0.365 e. The zero-order chi connectivity index (χ0) is 9.57. The lowest BCUT2D eigenvalue weighted by Crippen LogP contribution is -2.52. The van der Waals surface area contributed by atoms with Gasteiger partial charge in [-0.05, 0) is 6.42 Å². The maximum atomic E-state index is 12.4. The second kappa shape index (κ2) is 2.81. The smallest absolute Gasteiger partial charge is 0.205 e. The predicted octanol–water partition coefficient (Wildman–Crippen LogP) is 3.32. The van der Waals surface area contributed by atoms with E-state index in [1.54, 1.807) is 22.6 Å². The lowest BCUT2D eigenvalue weighted by atomic mass is 9.86. The van der Waals surface area contributed by atoms with E-state index in [4.69, 9.17) is 0 Å². The summed E-state index contributed by atoms with van der Waals surface area (Å²) in [7, 11) is 0. The molecule has 0 unspecified atom stereocenters. The molecule has 6 heteroatoms. The molecule has 70 valence electrons. The summed E-state index contributed by atoms with van der Waals surface area (Å²) in [6, 6.07) is 0. The zero-order valence-corrected chi connectivity index (χ0v) is 7.84. The molecule has 1 aliphatic carbocycles. The van der Waals surface area contributed by atoms with Gasteiger partial charge in [-0.25, -0.2) is 4.39 Å². The Morgan fingerprint density at radius 1 is 1.08 bits per heavy atom. The van der Waals surface area contributed by atoms with E-state index in [0.29, 0.717) is 0 Å². The summed E-state index contributed by atoms with van der Waals surface area (Å²) in [5, 5.41) is 0. The Bertz CT molecular complexity index is 232. The summed E-state index contributed by atoms with van der Waals surface area (Å²) in [4.78, 5) is 0. The zero-order valence-electron chi connectivity index (χ0n) is 5.68. The fourth-order valence-corrected chi connectivity index (χ4v) is 1.49. The quantitative estimate of drug-likeness (QED) is 0.417. The van der Waals surface area contributed by atoms with Gasteiger partial charge in [0.05, 0.1) is 0 Å². The van der Waals surface area contributed by atoms with Gasteiger partial charge in [-0.2, -0.15) is 17.6 Å². The molecule has 0 bridgehead atoms. The van der Waals surface area contributed by atoms with Crippen LogP contribution in [-0.2, 0) is 0 Å². The third-order valence-electron chi connectivity index (χ3n) is 1.66. The van der Waals surface area contributed by atoms with Crippen LogP contribution in [0.2, 0.25) is 0 Å². The molecule has 12 heavy (non-hydrogen) atoms. The second-order valence-corrected chi connectivity index (χ2v) is 3.46. The van der Waals surface area contributed by atoms with Gasteiger partial charge in [-0.15, -0.1) is 0 Å². The van der Waals surface area contributed by atoms with E-state index in [9.17, 15) is 22.0 Å². The van der Waals surface area contributed by atoms with Gasteiger partial charge in [0.2, 0.25) is 0 Å². The average molecular weight is 298 g/mol. The van der Waals surface area contributed by atoms with Crippen molar-refractivity contribution in [3.63, 3.8) is 0 Å². The molecule has 0 nitrogen and oxygen atoms in total. The Balaban J connectivity index is 2.95. The Hall–Kier alpha value is 0.120. The number of hydrogen-bond acceptors (Lipinski definition) is 0. The van der Waals surface area contributed by atoms with Crippen molar-refractivity contribution in [3.05, 3.63) is 11.4 Å².